The number of fused-ring (bicyclic) bond motifs is 8. The Bertz CT molecular complexity index is 2930. The molecule has 8 aromatic rings. The summed E-state index contributed by atoms with van der Waals surface area (Å²) in [6.45, 7) is -5.08. The molecule has 234 valence electrons. The molecule has 0 bridgehead atoms. The van der Waals surface area contributed by atoms with Crippen LogP contribution in [0.5, 0.6) is 0 Å². The molecule has 49 heavy (non-hydrogen) atoms. The van der Waals surface area contributed by atoms with E-state index in [0.29, 0.717) is 5.46 Å². The molecular weight excluding hydrogens is 590 g/mol. The van der Waals surface area contributed by atoms with Crippen LogP contribution in [0.1, 0.15) is 40.2 Å². The molecule has 0 spiro atoms. The lowest BCUT2D eigenvalue weighted by Gasteiger charge is -2.36. The Balaban J connectivity index is 1.53. The van der Waals surface area contributed by atoms with E-state index in [1.54, 1.807) is 12.1 Å². The summed E-state index contributed by atoms with van der Waals surface area (Å²) < 4.78 is 83.2. The van der Waals surface area contributed by atoms with Gasteiger partial charge in [-0.05, 0) is 46.0 Å². The Morgan fingerprint density at radius 2 is 1.16 bits per heavy atom. The number of pyridine rings is 1. The summed E-state index contributed by atoms with van der Waals surface area (Å²) in [6, 6.07) is 38.3. The minimum atomic E-state index is -2.63. The van der Waals surface area contributed by atoms with Gasteiger partial charge in [0.2, 0.25) is 13.4 Å². The number of aryl methyl sites for hydroxylation is 6. The summed E-state index contributed by atoms with van der Waals surface area (Å²) in [6.07, 6.45) is 2.16. The van der Waals surface area contributed by atoms with Gasteiger partial charge in [0, 0.05) is 28.7 Å². The second kappa shape index (κ2) is 11.1. The molecule has 0 saturated carbocycles. The number of benzene rings is 6. The Morgan fingerprint density at radius 1 is 0.571 bits per heavy atom. The zero-order valence-corrected chi connectivity index (χ0v) is 27.7. The molecule has 9 rings (SSSR count). The Morgan fingerprint density at radius 3 is 1.86 bits per heavy atom. The van der Waals surface area contributed by atoms with E-state index in [0.717, 1.165) is 71.6 Å². The SMILES string of the molecule is [2H]C([2H])([2H])c1cccc(C)c1B1c2ccccc2B(c2c(C([2H])([2H])[2H])cccc2C([2H])([2H])[2H])c2cc3c4ccccc4[n+]4cc(-c5ccccc5)n(C)c4c3c(C)c21. The summed E-state index contributed by atoms with van der Waals surface area (Å²) in [7, 11) is 2.06. The maximum absolute atomic E-state index is 8.76. The molecule has 2 nitrogen and oxygen atoms in total. The van der Waals surface area contributed by atoms with Crippen LogP contribution in [0.2, 0.25) is 0 Å². The van der Waals surface area contributed by atoms with Crippen molar-refractivity contribution >= 4 is 73.5 Å². The Hall–Kier alpha value is -5.34. The highest BCUT2D eigenvalue weighted by Gasteiger charge is 2.42. The van der Waals surface area contributed by atoms with Gasteiger partial charge in [-0.1, -0.05) is 170 Å². The molecule has 4 heteroatoms. The highest BCUT2D eigenvalue weighted by Crippen LogP contribution is 2.31. The molecule has 1 aliphatic heterocycles. The molecule has 1 aliphatic rings. The van der Waals surface area contributed by atoms with Crippen molar-refractivity contribution in [3.8, 4) is 11.3 Å². The van der Waals surface area contributed by atoms with Crippen molar-refractivity contribution in [3.05, 3.63) is 155 Å². The number of hydrogen-bond donors (Lipinski definition) is 0. The maximum Gasteiger partial charge on any atom is 0.295 e. The third-order valence-corrected chi connectivity index (χ3v) is 10.8. The van der Waals surface area contributed by atoms with E-state index in [2.05, 4.69) is 59.5 Å². The third-order valence-electron chi connectivity index (χ3n) is 10.8. The van der Waals surface area contributed by atoms with Crippen LogP contribution in [0.3, 0.4) is 0 Å². The summed E-state index contributed by atoms with van der Waals surface area (Å²) in [5.41, 5.74) is 9.93. The van der Waals surface area contributed by atoms with Crippen molar-refractivity contribution in [3.63, 3.8) is 0 Å². The largest absolute Gasteiger partial charge is 0.295 e. The fourth-order valence-electron chi connectivity index (χ4n) is 8.70. The lowest BCUT2D eigenvalue weighted by Crippen LogP contribution is -2.76. The van der Waals surface area contributed by atoms with Gasteiger partial charge in [-0.2, -0.15) is 4.40 Å². The lowest BCUT2D eigenvalue weighted by molar-refractivity contribution is -0.478. The van der Waals surface area contributed by atoms with Crippen LogP contribution in [0.4, 0.5) is 0 Å². The highest BCUT2D eigenvalue weighted by atomic mass is 15.1. The molecule has 0 radical (unpaired) electrons. The number of para-hydroxylation sites is 1. The summed E-state index contributed by atoms with van der Waals surface area (Å²) >= 11 is 0. The van der Waals surface area contributed by atoms with Gasteiger partial charge in [0.15, 0.2) is 5.69 Å². The molecule has 0 atom stereocenters. The monoisotopic (exact) mass is 638 g/mol. The number of nitrogens with zero attached hydrogens (tertiary/aromatic N) is 2. The lowest BCUT2D eigenvalue weighted by atomic mass is 9.20. The quantitative estimate of drug-likeness (QED) is 0.135. The van der Waals surface area contributed by atoms with E-state index in [1.807, 2.05) is 67.6 Å². The highest BCUT2D eigenvalue weighted by molar-refractivity contribution is 7.12. The van der Waals surface area contributed by atoms with Gasteiger partial charge in [0.1, 0.15) is 11.7 Å². The topological polar surface area (TPSA) is 9.03 Å². The van der Waals surface area contributed by atoms with Gasteiger partial charge in [0.05, 0.1) is 12.4 Å². The van der Waals surface area contributed by atoms with Crippen LogP contribution in [-0.4, -0.2) is 18.0 Å². The van der Waals surface area contributed by atoms with Crippen molar-refractivity contribution in [2.45, 2.75) is 34.4 Å². The van der Waals surface area contributed by atoms with Gasteiger partial charge >= 0.3 is 0 Å². The van der Waals surface area contributed by atoms with Crippen molar-refractivity contribution in [2.75, 3.05) is 0 Å². The van der Waals surface area contributed by atoms with E-state index in [9.17, 15) is 0 Å². The van der Waals surface area contributed by atoms with Gasteiger partial charge in [-0.25, -0.2) is 4.57 Å². The predicted molar refractivity (Wildman–Crippen MR) is 211 cm³/mol. The minimum absolute atomic E-state index is 0.0204. The second-order valence-corrected chi connectivity index (χ2v) is 13.4. The van der Waals surface area contributed by atoms with Crippen molar-refractivity contribution < 1.29 is 16.7 Å². The van der Waals surface area contributed by atoms with Gasteiger partial charge in [-0.3, -0.25) is 0 Å². The first-order valence-electron chi connectivity index (χ1n) is 21.3. The first kappa shape index (κ1) is 21.6. The van der Waals surface area contributed by atoms with Crippen LogP contribution in [-0.2, 0) is 7.05 Å². The summed E-state index contributed by atoms with van der Waals surface area (Å²) in [5.74, 6) is 0. The van der Waals surface area contributed by atoms with Crippen molar-refractivity contribution in [1.82, 2.24) is 4.57 Å². The van der Waals surface area contributed by atoms with Gasteiger partial charge in [0.25, 0.3) is 5.65 Å². The molecule has 0 amide bonds. The molecule has 6 aromatic carbocycles. The van der Waals surface area contributed by atoms with Crippen LogP contribution in [0.25, 0.3) is 38.6 Å². The second-order valence-electron chi connectivity index (χ2n) is 13.4. The molecule has 0 aliphatic carbocycles. The molecule has 0 unspecified atom stereocenters. The van der Waals surface area contributed by atoms with E-state index >= 15 is 0 Å². The van der Waals surface area contributed by atoms with E-state index in [4.69, 9.17) is 12.3 Å². The molecular formula is C45H39B2N2+. The number of imidazole rings is 1. The average molecular weight is 638 g/mol. The van der Waals surface area contributed by atoms with Crippen molar-refractivity contribution in [1.29, 1.82) is 0 Å². The van der Waals surface area contributed by atoms with E-state index in [-0.39, 0.29) is 22.2 Å². The van der Waals surface area contributed by atoms with Crippen LogP contribution >= 0.6 is 0 Å². The smallest absolute Gasteiger partial charge is 0.225 e. The fourth-order valence-corrected chi connectivity index (χ4v) is 8.70. The maximum atomic E-state index is 8.76. The van der Waals surface area contributed by atoms with E-state index < -0.39 is 34.0 Å². The van der Waals surface area contributed by atoms with Crippen LogP contribution in [0.15, 0.2) is 128 Å². The third kappa shape index (κ3) is 4.26. The normalized spacial score (nSPS) is 16.1. The van der Waals surface area contributed by atoms with Gasteiger partial charge < -0.3 is 0 Å². The first-order chi connectivity index (χ1) is 27.5. The summed E-state index contributed by atoms with van der Waals surface area (Å²) in [5, 5.41) is 2.87. The standard InChI is InChI=1S/C45H39B2N2/c1-28-16-14-17-29(2)42(28)46-36-23-11-12-24-37(36)47(43-30(3)18-15-19-31(43)4)44-32(5)41-35(26-38(44)46)34-22-10-13-25-39(34)49-27-40(48(6)45(41)49)33-20-8-7-9-21-33/h7-27H,1-6H3/q+1/i1D3,2D3,3D3. The number of hydrogen-bond acceptors (Lipinski definition) is 0. The Kier molecular flexibility index (Phi) is 4.89. The molecule has 0 N–H and O–H groups in total. The first-order valence-corrected chi connectivity index (χ1v) is 16.8. The minimum Gasteiger partial charge on any atom is -0.225 e. The van der Waals surface area contributed by atoms with Gasteiger partial charge in [-0.15, -0.1) is 0 Å². The fraction of sp³-hybridized carbons (Fsp3) is 0.133. The molecule has 0 fully saturated rings. The molecule has 2 aromatic heterocycles. The number of aromatic nitrogens is 2. The zero-order valence-electron chi connectivity index (χ0n) is 36.7. The summed E-state index contributed by atoms with van der Waals surface area (Å²) in [4.78, 5) is 0. The average Bonchev–Trinajstić information content (AvgIpc) is 3.53. The zero-order chi connectivity index (χ0) is 41.1. The molecule has 0 saturated heterocycles. The van der Waals surface area contributed by atoms with E-state index in [1.165, 1.54) is 18.2 Å². The predicted octanol–water partition coefficient (Wildman–Crippen LogP) is 5.63. The van der Waals surface area contributed by atoms with Crippen LogP contribution < -0.4 is 37.2 Å². The number of rotatable bonds is 3. The van der Waals surface area contributed by atoms with Crippen LogP contribution in [0, 0.1) is 34.4 Å². The Labute approximate surface area is 302 Å². The van der Waals surface area contributed by atoms with Crippen molar-refractivity contribution in [2.24, 2.45) is 7.05 Å². The molecule has 3 heterocycles.